The zero-order valence-electron chi connectivity index (χ0n) is 13.1. The van der Waals surface area contributed by atoms with Crippen molar-refractivity contribution in [2.24, 2.45) is 0 Å². The van der Waals surface area contributed by atoms with Crippen LogP contribution in [0.5, 0.6) is 0 Å². The molecule has 1 saturated heterocycles. The fraction of sp³-hybridized carbons (Fsp3) is 0.438. The van der Waals surface area contributed by atoms with Gasteiger partial charge in [-0.25, -0.2) is 4.68 Å². The lowest BCUT2D eigenvalue weighted by Gasteiger charge is -2.24. The van der Waals surface area contributed by atoms with Crippen LogP contribution in [0, 0.1) is 11.3 Å². The Bertz CT molecular complexity index is 766. The van der Waals surface area contributed by atoms with Crippen LogP contribution in [0.15, 0.2) is 24.4 Å². The number of anilines is 1. The summed E-state index contributed by atoms with van der Waals surface area (Å²) in [6.45, 7) is 4.95. The molecule has 2 heterocycles. The predicted molar refractivity (Wildman–Crippen MR) is 87.3 cm³/mol. The standard InChI is InChI=1S/C16H18ClN5O/c1-11(2)22-9-14(19-20-22)16(23)6-7-21(10-16)15-12(8-18)4-3-5-13(15)17/h3-5,9,11,23H,6-7,10H2,1-2H3/t16-/m0/s1. The highest BCUT2D eigenvalue weighted by Gasteiger charge is 2.41. The molecular formula is C16H18ClN5O. The van der Waals surface area contributed by atoms with Gasteiger partial charge < -0.3 is 10.0 Å². The Kier molecular flexibility index (Phi) is 4.00. The van der Waals surface area contributed by atoms with Gasteiger partial charge in [-0.3, -0.25) is 0 Å². The fourth-order valence-corrected chi connectivity index (χ4v) is 3.16. The van der Waals surface area contributed by atoms with Crippen molar-refractivity contribution in [1.82, 2.24) is 15.0 Å². The first-order valence-electron chi connectivity index (χ1n) is 7.53. The monoisotopic (exact) mass is 331 g/mol. The molecule has 1 aromatic heterocycles. The van der Waals surface area contributed by atoms with Crippen molar-refractivity contribution in [2.45, 2.75) is 31.9 Å². The van der Waals surface area contributed by atoms with Gasteiger partial charge in [0.25, 0.3) is 0 Å². The summed E-state index contributed by atoms with van der Waals surface area (Å²) in [5.41, 5.74) is 0.648. The summed E-state index contributed by atoms with van der Waals surface area (Å²) < 4.78 is 1.73. The first kappa shape index (κ1) is 15.8. The van der Waals surface area contributed by atoms with Gasteiger partial charge in [-0.15, -0.1) is 5.10 Å². The van der Waals surface area contributed by atoms with Gasteiger partial charge >= 0.3 is 0 Å². The van der Waals surface area contributed by atoms with Gasteiger partial charge in [-0.05, 0) is 26.0 Å². The molecule has 0 radical (unpaired) electrons. The maximum atomic E-state index is 11.0. The van der Waals surface area contributed by atoms with Crippen LogP contribution in [0.4, 0.5) is 5.69 Å². The molecule has 1 aliphatic rings. The average molecular weight is 332 g/mol. The molecule has 23 heavy (non-hydrogen) atoms. The van der Waals surface area contributed by atoms with Crippen LogP contribution in [0.2, 0.25) is 5.02 Å². The first-order valence-corrected chi connectivity index (χ1v) is 7.90. The van der Waals surface area contributed by atoms with Crippen LogP contribution in [0.25, 0.3) is 0 Å². The summed E-state index contributed by atoms with van der Waals surface area (Å²) in [6.07, 6.45) is 2.30. The van der Waals surface area contributed by atoms with Crippen LogP contribution in [0.1, 0.15) is 37.6 Å². The number of β-amino-alcohol motifs (C(OH)–C–C–N with tert-alkyl or cyclic N) is 1. The molecule has 0 saturated carbocycles. The Morgan fingerprint density at radius 3 is 2.87 bits per heavy atom. The van der Waals surface area contributed by atoms with Crippen LogP contribution in [-0.4, -0.2) is 33.2 Å². The first-order chi connectivity index (χ1) is 10.9. The number of hydrogen-bond acceptors (Lipinski definition) is 5. The topological polar surface area (TPSA) is 78.0 Å². The number of benzene rings is 1. The quantitative estimate of drug-likeness (QED) is 0.934. The number of nitriles is 1. The van der Waals surface area contributed by atoms with Gasteiger partial charge in [-0.1, -0.05) is 22.9 Å². The molecule has 1 aromatic carbocycles. The third-order valence-corrected chi connectivity index (χ3v) is 4.49. The highest BCUT2D eigenvalue weighted by Crippen LogP contribution is 2.38. The maximum Gasteiger partial charge on any atom is 0.129 e. The van der Waals surface area contributed by atoms with E-state index in [1.54, 1.807) is 29.1 Å². The number of halogens is 1. The molecule has 0 aliphatic carbocycles. The molecular weight excluding hydrogens is 314 g/mol. The second-order valence-corrected chi connectivity index (χ2v) is 6.54. The molecule has 3 rings (SSSR count). The van der Waals surface area contributed by atoms with E-state index in [0.717, 1.165) is 0 Å². The Labute approximate surface area is 139 Å². The lowest BCUT2D eigenvalue weighted by atomic mass is 10.00. The Morgan fingerprint density at radius 1 is 1.43 bits per heavy atom. The Balaban J connectivity index is 1.90. The largest absolute Gasteiger partial charge is 0.381 e. The minimum absolute atomic E-state index is 0.186. The molecule has 120 valence electrons. The molecule has 1 N–H and O–H groups in total. The zero-order valence-corrected chi connectivity index (χ0v) is 13.8. The lowest BCUT2D eigenvalue weighted by molar-refractivity contribution is 0.0559. The van der Waals surface area contributed by atoms with Crippen molar-refractivity contribution < 1.29 is 5.11 Å². The predicted octanol–water partition coefficient (Wildman–Crippen LogP) is 2.48. The molecule has 0 unspecified atom stereocenters. The third-order valence-electron chi connectivity index (χ3n) is 4.19. The van der Waals surface area contributed by atoms with E-state index < -0.39 is 5.60 Å². The smallest absolute Gasteiger partial charge is 0.129 e. The van der Waals surface area contributed by atoms with E-state index in [-0.39, 0.29) is 6.04 Å². The van der Waals surface area contributed by atoms with E-state index in [2.05, 4.69) is 16.4 Å². The summed E-state index contributed by atoms with van der Waals surface area (Å²) in [7, 11) is 0. The van der Waals surface area contributed by atoms with E-state index in [9.17, 15) is 10.4 Å². The molecule has 6 nitrogen and oxygen atoms in total. The number of aromatic nitrogens is 3. The Hall–Kier alpha value is -2.10. The highest BCUT2D eigenvalue weighted by molar-refractivity contribution is 6.33. The van der Waals surface area contributed by atoms with E-state index in [1.165, 1.54) is 0 Å². The SMILES string of the molecule is CC(C)n1cc([C@]2(O)CCN(c3c(Cl)cccc3C#N)C2)nn1. The zero-order chi connectivity index (χ0) is 16.6. The van der Waals surface area contributed by atoms with E-state index in [4.69, 9.17) is 11.6 Å². The van der Waals surface area contributed by atoms with Crippen molar-refractivity contribution in [3.8, 4) is 6.07 Å². The fourth-order valence-electron chi connectivity index (χ4n) is 2.86. The van der Waals surface area contributed by atoms with Crippen molar-refractivity contribution in [1.29, 1.82) is 5.26 Å². The van der Waals surface area contributed by atoms with E-state index in [0.29, 0.717) is 41.5 Å². The van der Waals surface area contributed by atoms with Crippen molar-refractivity contribution in [2.75, 3.05) is 18.0 Å². The molecule has 1 aliphatic heterocycles. The van der Waals surface area contributed by atoms with Crippen molar-refractivity contribution in [3.63, 3.8) is 0 Å². The number of para-hydroxylation sites is 1. The van der Waals surface area contributed by atoms with Gasteiger partial charge in [-0.2, -0.15) is 5.26 Å². The molecule has 0 bridgehead atoms. The summed E-state index contributed by atoms with van der Waals surface area (Å²) in [5, 5.41) is 29.0. The minimum Gasteiger partial charge on any atom is -0.381 e. The molecule has 7 heteroatoms. The van der Waals surface area contributed by atoms with Crippen LogP contribution < -0.4 is 4.90 Å². The van der Waals surface area contributed by atoms with Crippen LogP contribution >= 0.6 is 11.6 Å². The lowest BCUT2D eigenvalue weighted by Crippen LogP contribution is -2.31. The minimum atomic E-state index is -1.08. The van der Waals surface area contributed by atoms with Gasteiger partial charge in [0.1, 0.15) is 17.4 Å². The number of hydrogen-bond donors (Lipinski definition) is 1. The molecule has 0 amide bonds. The second-order valence-electron chi connectivity index (χ2n) is 6.13. The van der Waals surface area contributed by atoms with E-state index in [1.807, 2.05) is 18.7 Å². The van der Waals surface area contributed by atoms with Gasteiger partial charge in [0.05, 0.1) is 29.0 Å². The highest BCUT2D eigenvalue weighted by atomic mass is 35.5. The molecule has 1 atom stereocenters. The molecule has 0 spiro atoms. The van der Waals surface area contributed by atoms with Gasteiger partial charge in [0.2, 0.25) is 0 Å². The third kappa shape index (κ3) is 2.78. The Morgan fingerprint density at radius 2 is 2.22 bits per heavy atom. The maximum absolute atomic E-state index is 11.0. The summed E-state index contributed by atoms with van der Waals surface area (Å²) in [5.74, 6) is 0. The number of aliphatic hydroxyl groups is 1. The average Bonchev–Trinajstić information content (AvgIpc) is 3.15. The summed E-state index contributed by atoms with van der Waals surface area (Å²) >= 11 is 6.27. The molecule has 1 fully saturated rings. The summed E-state index contributed by atoms with van der Waals surface area (Å²) in [6, 6.07) is 7.58. The summed E-state index contributed by atoms with van der Waals surface area (Å²) in [4.78, 5) is 1.94. The normalized spacial score (nSPS) is 21.0. The number of rotatable bonds is 3. The van der Waals surface area contributed by atoms with Crippen LogP contribution in [-0.2, 0) is 5.60 Å². The van der Waals surface area contributed by atoms with Crippen LogP contribution in [0.3, 0.4) is 0 Å². The molecule has 2 aromatic rings. The van der Waals surface area contributed by atoms with Gasteiger partial charge in [0.15, 0.2) is 0 Å². The van der Waals surface area contributed by atoms with E-state index >= 15 is 0 Å². The second kappa shape index (κ2) is 5.84. The van der Waals surface area contributed by atoms with Crippen molar-refractivity contribution in [3.05, 3.63) is 40.7 Å². The van der Waals surface area contributed by atoms with Gasteiger partial charge in [0, 0.05) is 19.0 Å². The number of nitrogens with zero attached hydrogens (tertiary/aromatic N) is 5. The van der Waals surface area contributed by atoms with Crippen molar-refractivity contribution >= 4 is 17.3 Å².